The molecular weight excluding hydrogens is 470 g/mol. The zero-order valence-corrected chi connectivity index (χ0v) is 19.5. The van der Waals surface area contributed by atoms with Gasteiger partial charge in [-0.25, -0.2) is 0 Å². The molecule has 2 aromatic rings. The third-order valence-electron chi connectivity index (χ3n) is 4.29. The number of hydrogen-bond acceptors (Lipinski definition) is 8. The molecule has 2 N–H and O–H groups in total. The Labute approximate surface area is 200 Å². The van der Waals surface area contributed by atoms with Crippen LogP contribution in [0.2, 0.25) is 5.02 Å². The Morgan fingerprint density at radius 2 is 1.74 bits per heavy atom. The number of esters is 1. The molecule has 0 fully saturated rings. The van der Waals surface area contributed by atoms with Crippen molar-refractivity contribution in [3.05, 3.63) is 57.1 Å². The van der Waals surface area contributed by atoms with Crippen molar-refractivity contribution in [1.82, 2.24) is 5.32 Å². The third-order valence-corrected chi connectivity index (χ3v) is 4.62. The van der Waals surface area contributed by atoms with Crippen LogP contribution in [0, 0.1) is 10.1 Å². The zero-order valence-electron chi connectivity index (χ0n) is 18.8. The number of carbonyl (C=O) groups is 3. The number of non-ortho nitro benzene ring substituents is 1. The summed E-state index contributed by atoms with van der Waals surface area (Å²) < 4.78 is 15.9. The van der Waals surface area contributed by atoms with Crippen molar-refractivity contribution in [2.24, 2.45) is 0 Å². The number of nitrogens with one attached hydrogen (secondary N) is 2. The van der Waals surface area contributed by atoms with E-state index in [9.17, 15) is 24.5 Å². The Bertz CT molecular complexity index is 1080. The van der Waals surface area contributed by atoms with Gasteiger partial charge in [0.05, 0.1) is 28.8 Å². The Morgan fingerprint density at radius 3 is 2.38 bits per heavy atom. The second-order valence-corrected chi connectivity index (χ2v) is 7.16. The Balaban J connectivity index is 1.92. The number of halogens is 1. The van der Waals surface area contributed by atoms with Gasteiger partial charge in [-0.3, -0.25) is 24.5 Å². The van der Waals surface area contributed by atoms with Crippen LogP contribution in [0.4, 0.5) is 11.4 Å². The number of nitro groups is 1. The average Bonchev–Trinajstić information content (AvgIpc) is 2.80. The van der Waals surface area contributed by atoms with Gasteiger partial charge in [0.1, 0.15) is 6.54 Å². The van der Waals surface area contributed by atoms with Crippen molar-refractivity contribution in [3.8, 4) is 11.5 Å². The number of carbonyl (C=O) groups excluding carboxylic acids is 3. The molecular formula is C22H24ClN3O8. The smallest absolute Gasteiger partial charge is 0.326 e. The minimum Gasteiger partial charge on any atom is -0.490 e. The molecule has 0 saturated carbocycles. The van der Waals surface area contributed by atoms with Crippen molar-refractivity contribution in [2.45, 2.75) is 26.9 Å². The fraction of sp³-hybridized carbons (Fsp3) is 0.318. The van der Waals surface area contributed by atoms with E-state index in [1.54, 1.807) is 13.0 Å². The van der Waals surface area contributed by atoms with E-state index in [-0.39, 0.29) is 22.0 Å². The summed E-state index contributed by atoms with van der Waals surface area (Å²) in [6.07, 6.45) is -1.25. The van der Waals surface area contributed by atoms with Gasteiger partial charge in [0.15, 0.2) is 17.6 Å². The van der Waals surface area contributed by atoms with Crippen LogP contribution in [0.15, 0.2) is 36.4 Å². The fourth-order valence-electron chi connectivity index (χ4n) is 2.70. The molecule has 12 heteroatoms. The zero-order chi connectivity index (χ0) is 25.3. The van der Waals surface area contributed by atoms with Gasteiger partial charge in [0.2, 0.25) is 0 Å². The number of nitro benzene ring substituents is 1. The second-order valence-electron chi connectivity index (χ2n) is 6.75. The van der Waals surface area contributed by atoms with Crippen LogP contribution in [0.3, 0.4) is 0 Å². The number of benzene rings is 2. The van der Waals surface area contributed by atoms with Crippen molar-refractivity contribution >= 4 is 40.8 Å². The summed E-state index contributed by atoms with van der Waals surface area (Å²) in [4.78, 5) is 47.0. The first kappa shape index (κ1) is 26.4. The monoisotopic (exact) mass is 493 g/mol. The van der Waals surface area contributed by atoms with Gasteiger partial charge in [-0.05, 0) is 45.0 Å². The highest BCUT2D eigenvalue weighted by Crippen LogP contribution is 2.29. The van der Waals surface area contributed by atoms with E-state index in [4.69, 9.17) is 25.8 Å². The van der Waals surface area contributed by atoms with Crippen molar-refractivity contribution in [3.63, 3.8) is 0 Å². The predicted molar refractivity (Wildman–Crippen MR) is 123 cm³/mol. The summed E-state index contributed by atoms with van der Waals surface area (Å²) in [5, 5.41) is 15.7. The molecule has 0 bridgehead atoms. The summed E-state index contributed by atoms with van der Waals surface area (Å²) in [6.45, 7) is 5.23. The van der Waals surface area contributed by atoms with E-state index < -0.39 is 35.4 Å². The number of anilines is 1. The molecule has 0 saturated heterocycles. The molecule has 11 nitrogen and oxygen atoms in total. The molecule has 0 spiro atoms. The summed E-state index contributed by atoms with van der Waals surface area (Å²) in [7, 11) is 0. The standard InChI is InChI=1S/C22H24ClN3O8/c1-4-32-18-9-6-14(10-19(18)33-5-2)22(29)24-12-20(27)34-13(3)21(28)25-17-11-15(26(30)31)7-8-16(17)23/h6-11,13H,4-5,12H2,1-3H3,(H,24,29)(H,25,28). The lowest BCUT2D eigenvalue weighted by atomic mass is 10.2. The molecule has 0 aromatic heterocycles. The van der Waals surface area contributed by atoms with Crippen LogP contribution in [-0.2, 0) is 14.3 Å². The van der Waals surface area contributed by atoms with Gasteiger partial charge in [0, 0.05) is 17.7 Å². The highest BCUT2D eigenvalue weighted by atomic mass is 35.5. The SMILES string of the molecule is CCOc1ccc(C(=O)NCC(=O)OC(C)C(=O)Nc2cc([N+](=O)[O-])ccc2Cl)cc1OCC. The second kappa shape index (κ2) is 12.4. The molecule has 2 rings (SSSR count). The highest BCUT2D eigenvalue weighted by Gasteiger charge is 2.21. The van der Waals surface area contributed by atoms with E-state index in [1.165, 1.54) is 31.2 Å². The third kappa shape index (κ3) is 7.34. The molecule has 182 valence electrons. The van der Waals surface area contributed by atoms with Crippen molar-refractivity contribution < 1.29 is 33.5 Å². The van der Waals surface area contributed by atoms with Crippen molar-refractivity contribution in [1.29, 1.82) is 0 Å². The van der Waals surface area contributed by atoms with Crippen LogP contribution in [0.1, 0.15) is 31.1 Å². The maximum absolute atomic E-state index is 12.4. The summed E-state index contributed by atoms with van der Waals surface area (Å²) in [5.74, 6) is -1.29. The highest BCUT2D eigenvalue weighted by molar-refractivity contribution is 6.33. The molecule has 1 unspecified atom stereocenters. The van der Waals surface area contributed by atoms with E-state index in [2.05, 4.69) is 10.6 Å². The van der Waals surface area contributed by atoms with E-state index in [0.29, 0.717) is 24.7 Å². The van der Waals surface area contributed by atoms with Gasteiger partial charge in [-0.2, -0.15) is 0 Å². The quantitative estimate of drug-likeness (QED) is 0.275. The van der Waals surface area contributed by atoms with Gasteiger partial charge >= 0.3 is 5.97 Å². The van der Waals surface area contributed by atoms with E-state index in [1.807, 2.05) is 6.92 Å². The van der Waals surface area contributed by atoms with E-state index >= 15 is 0 Å². The first-order valence-corrected chi connectivity index (χ1v) is 10.7. The molecule has 0 heterocycles. The molecule has 0 aliphatic carbocycles. The normalized spacial score (nSPS) is 11.2. The fourth-order valence-corrected chi connectivity index (χ4v) is 2.86. The Kier molecular flexibility index (Phi) is 9.62. The first-order chi connectivity index (χ1) is 16.2. The number of ether oxygens (including phenoxy) is 3. The van der Waals surface area contributed by atoms with Gasteiger partial charge in [-0.1, -0.05) is 11.6 Å². The minimum atomic E-state index is -1.25. The lowest BCUT2D eigenvalue weighted by Gasteiger charge is -2.15. The molecule has 1 atom stereocenters. The lowest BCUT2D eigenvalue weighted by molar-refractivity contribution is -0.384. The minimum absolute atomic E-state index is 0.00216. The van der Waals surface area contributed by atoms with Crippen LogP contribution in [-0.4, -0.2) is 48.6 Å². The molecule has 0 radical (unpaired) electrons. The van der Waals surface area contributed by atoms with Gasteiger partial charge in [-0.15, -0.1) is 0 Å². The van der Waals surface area contributed by atoms with Crippen LogP contribution >= 0.6 is 11.6 Å². The number of hydrogen-bond donors (Lipinski definition) is 2. The van der Waals surface area contributed by atoms with E-state index in [0.717, 1.165) is 6.07 Å². The largest absolute Gasteiger partial charge is 0.490 e. The average molecular weight is 494 g/mol. The van der Waals surface area contributed by atoms with Gasteiger partial charge < -0.3 is 24.8 Å². The lowest BCUT2D eigenvalue weighted by Crippen LogP contribution is -2.35. The van der Waals surface area contributed by atoms with Crippen LogP contribution in [0.5, 0.6) is 11.5 Å². The maximum atomic E-state index is 12.4. The predicted octanol–water partition coefficient (Wildman–Crippen LogP) is 3.35. The topological polar surface area (TPSA) is 146 Å². The van der Waals surface area contributed by atoms with Gasteiger partial charge in [0.25, 0.3) is 17.5 Å². The molecule has 2 aromatic carbocycles. The summed E-state index contributed by atoms with van der Waals surface area (Å²) in [6, 6.07) is 8.14. The molecule has 34 heavy (non-hydrogen) atoms. The Morgan fingerprint density at radius 1 is 1.06 bits per heavy atom. The Hall–Kier alpha value is -3.86. The molecule has 2 amide bonds. The van der Waals surface area contributed by atoms with Crippen LogP contribution in [0.25, 0.3) is 0 Å². The summed E-state index contributed by atoms with van der Waals surface area (Å²) in [5.41, 5.74) is -0.0303. The summed E-state index contributed by atoms with van der Waals surface area (Å²) >= 11 is 5.95. The van der Waals surface area contributed by atoms with Crippen LogP contribution < -0.4 is 20.1 Å². The molecule has 0 aliphatic heterocycles. The van der Waals surface area contributed by atoms with Crippen molar-refractivity contribution in [2.75, 3.05) is 25.1 Å². The molecule has 0 aliphatic rings. The number of nitrogens with zero attached hydrogens (tertiary/aromatic N) is 1. The number of amides is 2. The maximum Gasteiger partial charge on any atom is 0.326 e. The number of rotatable bonds is 11. The first-order valence-electron chi connectivity index (χ1n) is 10.3.